The zero-order valence-corrected chi connectivity index (χ0v) is 41.9. The maximum Gasteiger partial charge on any atom is 0.257 e. The molecule has 4 aliphatic heterocycles. The molecule has 0 aliphatic carbocycles. The van der Waals surface area contributed by atoms with Crippen LogP contribution < -0.4 is 23.7 Å². The number of amides is 3. The number of aldehydes is 1. The topological polar surface area (TPSA) is 199 Å². The van der Waals surface area contributed by atoms with Crippen LogP contribution in [0.2, 0.25) is 0 Å². The fraction of sp³-hybridized carbons (Fsp3) is 0.491. The van der Waals surface area contributed by atoms with E-state index in [0.29, 0.717) is 135 Å². The number of carbonyl (C=O) groups is 4. The van der Waals surface area contributed by atoms with Crippen LogP contribution in [0.15, 0.2) is 69.7 Å². The van der Waals surface area contributed by atoms with Gasteiger partial charge in [-0.1, -0.05) is 23.3 Å². The molecular formula is C53H66N6O13. The maximum atomic E-state index is 13.7. The number of aromatic nitrogens is 1. The monoisotopic (exact) mass is 994 g/mol. The predicted octanol–water partition coefficient (Wildman–Crippen LogP) is 6.28. The van der Waals surface area contributed by atoms with Crippen LogP contribution in [0.3, 0.4) is 0 Å². The summed E-state index contributed by atoms with van der Waals surface area (Å²) >= 11 is 0. The van der Waals surface area contributed by atoms with E-state index in [2.05, 4.69) is 0 Å². The summed E-state index contributed by atoms with van der Waals surface area (Å²) in [6.45, 7) is 8.49. The van der Waals surface area contributed by atoms with Crippen LogP contribution in [0.25, 0.3) is 0 Å². The van der Waals surface area contributed by atoms with Crippen LogP contribution in [-0.4, -0.2) is 169 Å². The van der Waals surface area contributed by atoms with E-state index < -0.39 is 0 Å². The number of carbonyl (C=O) groups excluding carboxylic acids is 4. The lowest BCUT2D eigenvalue weighted by Crippen LogP contribution is -2.36. The fourth-order valence-electron chi connectivity index (χ4n) is 8.69. The number of benzene rings is 2. The second kappa shape index (κ2) is 26.7. The third kappa shape index (κ3) is 13.8. The van der Waals surface area contributed by atoms with Crippen molar-refractivity contribution in [2.24, 2.45) is 9.98 Å². The molecule has 0 radical (unpaired) electrons. The number of hydrogen-bond acceptors (Lipinski definition) is 16. The molecule has 0 bridgehead atoms. The Balaban J connectivity index is 1.05. The number of unbranched alkanes of at least 4 members (excludes halogenated alkanes) is 1. The maximum absolute atomic E-state index is 13.7. The Bertz CT molecular complexity index is 2370. The first-order chi connectivity index (χ1) is 35.2. The highest BCUT2D eigenvalue weighted by Gasteiger charge is 2.36. The molecule has 2 atom stereocenters. The average molecular weight is 995 g/mol. The zero-order chi connectivity index (χ0) is 50.8. The summed E-state index contributed by atoms with van der Waals surface area (Å²) in [6.07, 6.45) is 11.0. The van der Waals surface area contributed by atoms with E-state index >= 15 is 0 Å². The SMILES string of the molecule is C/C=C1\CC2C=Nc3cc(OCc4cc(OCCN(CCCC=O)C(=O)CCOCCOCCOCCOC)cc(COc5cc6c(cc5OC)C(=O)N5C/C(=C/C)C[C@H]5C=N6)n4)c(OC)cc3C(=O)N2C1. The molecule has 5 heterocycles. The molecule has 2 aromatic carbocycles. The first-order valence-electron chi connectivity index (χ1n) is 24.4. The van der Waals surface area contributed by atoms with E-state index in [-0.39, 0.29) is 69.2 Å². The lowest BCUT2D eigenvalue weighted by Gasteiger charge is -2.23. The molecule has 1 aromatic heterocycles. The Morgan fingerprint density at radius 1 is 0.653 bits per heavy atom. The van der Waals surface area contributed by atoms with E-state index in [1.807, 2.05) is 48.2 Å². The van der Waals surface area contributed by atoms with E-state index in [1.54, 1.807) is 48.4 Å². The summed E-state index contributed by atoms with van der Waals surface area (Å²) in [5.41, 5.74) is 5.10. The number of hydrogen-bond donors (Lipinski definition) is 0. The second-order valence-corrected chi connectivity index (χ2v) is 17.4. The van der Waals surface area contributed by atoms with Crippen LogP contribution in [-0.2, 0) is 41.8 Å². The van der Waals surface area contributed by atoms with Crippen molar-refractivity contribution in [3.05, 3.63) is 82.2 Å². The molecule has 72 heavy (non-hydrogen) atoms. The van der Waals surface area contributed by atoms with Gasteiger partial charge < -0.3 is 62.1 Å². The van der Waals surface area contributed by atoms with Crippen molar-refractivity contribution in [3.8, 4) is 28.7 Å². The molecule has 386 valence electrons. The molecule has 4 aliphatic rings. The Kier molecular flexibility index (Phi) is 19.7. The van der Waals surface area contributed by atoms with Gasteiger partial charge >= 0.3 is 0 Å². The quantitative estimate of drug-likeness (QED) is 0.0447. The van der Waals surface area contributed by atoms with Gasteiger partial charge in [-0.2, -0.15) is 0 Å². The molecule has 3 amide bonds. The number of ether oxygens (including phenoxy) is 9. The van der Waals surface area contributed by atoms with Gasteiger partial charge in [0.05, 0.1) is 119 Å². The zero-order valence-electron chi connectivity index (χ0n) is 41.9. The van der Waals surface area contributed by atoms with E-state index in [0.717, 1.165) is 19.1 Å². The predicted molar refractivity (Wildman–Crippen MR) is 268 cm³/mol. The number of methoxy groups -OCH3 is 3. The van der Waals surface area contributed by atoms with Gasteiger partial charge in [0, 0.05) is 69.9 Å². The van der Waals surface area contributed by atoms with Gasteiger partial charge in [0.2, 0.25) is 5.91 Å². The largest absolute Gasteiger partial charge is 0.493 e. The van der Waals surface area contributed by atoms with Gasteiger partial charge in [0.15, 0.2) is 23.0 Å². The van der Waals surface area contributed by atoms with E-state index in [9.17, 15) is 19.2 Å². The number of nitrogens with zero attached hydrogens (tertiary/aromatic N) is 6. The minimum Gasteiger partial charge on any atom is -0.493 e. The minimum absolute atomic E-state index is 0.0362. The van der Waals surface area contributed by atoms with Crippen molar-refractivity contribution in [3.63, 3.8) is 0 Å². The Labute approximate surface area is 420 Å². The standard InChI is InChI=1S/C53H66N6O13/c1-6-36-22-40-30-54-45-28-49(47(65-4)26-43(45)52(62)58(40)32-36)71-34-38-24-42(70-15-12-57(11-8-9-13-60)51(61)10-14-67-18-19-69-21-20-68-17-16-64-3)25-39(56-38)35-72-50-29-46-44(27-48(50)66-5)53(63)59-33-37(7-2)23-41(59)31-55-46/h6-7,13,24-31,40-41H,8-12,14-23,32-35H2,1-5H3/b36-6+,37-7+/t40-,41?/m0/s1. The summed E-state index contributed by atoms with van der Waals surface area (Å²) in [5, 5.41) is 0. The number of allylic oxidation sites excluding steroid dienone is 2. The van der Waals surface area contributed by atoms with Gasteiger partial charge in [-0.15, -0.1) is 0 Å². The molecule has 0 saturated carbocycles. The third-order valence-electron chi connectivity index (χ3n) is 12.6. The third-order valence-corrected chi connectivity index (χ3v) is 12.6. The van der Waals surface area contributed by atoms with Crippen molar-refractivity contribution >= 4 is 47.8 Å². The first-order valence-corrected chi connectivity index (χ1v) is 24.4. The molecule has 2 saturated heterocycles. The summed E-state index contributed by atoms with van der Waals surface area (Å²) in [7, 11) is 4.64. The Hall–Kier alpha value is -6.67. The molecule has 19 heteroatoms. The lowest BCUT2D eigenvalue weighted by atomic mass is 10.1. The van der Waals surface area contributed by atoms with E-state index in [1.165, 1.54) is 25.4 Å². The average Bonchev–Trinajstić information content (AvgIpc) is 3.97. The van der Waals surface area contributed by atoms with E-state index in [4.69, 9.17) is 57.6 Å². The van der Waals surface area contributed by atoms with Crippen molar-refractivity contribution < 1.29 is 61.8 Å². The van der Waals surface area contributed by atoms with Crippen molar-refractivity contribution in [2.45, 2.75) is 71.2 Å². The minimum atomic E-state index is -0.140. The highest BCUT2D eigenvalue weighted by Crippen LogP contribution is 2.41. The van der Waals surface area contributed by atoms with Crippen LogP contribution in [0.5, 0.6) is 28.7 Å². The van der Waals surface area contributed by atoms with Crippen LogP contribution in [0.1, 0.15) is 78.1 Å². The van der Waals surface area contributed by atoms with Crippen LogP contribution in [0, 0.1) is 0 Å². The Morgan fingerprint density at radius 3 is 1.65 bits per heavy atom. The van der Waals surface area contributed by atoms with Gasteiger partial charge in [-0.25, -0.2) is 0 Å². The molecule has 19 nitrogen and oxygen atoms in total. The summed E-state index contributed by atoms with van der Waals surface area (Å²) in [6, 6.07) is 9.92. The van der Waals surface area contributed by atoms with Crippen molar-refractivity contribution in [1.29, 1.82) is 0 Å². The number of pyridine rings is 1. The van der Waals surface area contributed by atoms with Crippen LogP contribution in [0.4, 0.5) is 11.4 Å². The van der Waals surface area contributed by atoms with Gasteiger partial charge in [-0.05, 0) is 45.2 Å². The lowest BCUT2D eigenvalue weighted by molar-refractivity contribution is -0.133. The Morgan fingerprint density at radius 2 is 1.17 bits per heavy atom. The molecule has 2 fully saturated rings. The van der Waals surface area contributed by atoms with Gasteiger partial charge in [0.1, 0.15) is 31.9 Å². The highest BCUT2D eigenvalue weighted by molar-refractivity contribution is 6.05. The number of aliphatic imine (C=N–C) groups is 2. The molecule has 3 aromatic rings. The van der Waals surface area contributed by atoms with Crippen LogP contribution >= 0.6 is 0 Å². The fourth-order valence-corrected chi connectivity index (χ4v) is 8.69. The number of rotatable bonds is 28. The smallest absolute Gasteiger partial charge is 0.257 e. The van der Waals surface area contributed by atoms with Crippen molar-refractivity contribution in [1.82, 2.24) is 19.7 Å². The molecule has 0 N–H and O–H groups in total. The van der Waals surface area contributed by atoms with Gasteiger partial charge in [0.25, 0.3) is 11.8 Å². The highest BCUT2D eigenvalue weighted by atomic mass is 16.6. The summed E-state index contributed by atoms with van der Waals surface area (Å²) < 4.78 is 52.1. The normalized spacial score (nSPS) is 17.8. The van der Waals surface area contributed by atoms with Gasteiger partial charge in [-0.3, -0.25) is 29.4 Å². The second-order valence-electron chi connectivity index (χ2n) is 17.4. The summed E-state index contributed by atoms with van der Waals surface area (Å²) in [5.74, 6) is 1.47. The molecule has 1 unspecified atom stereocenters. The first kappa shape index (κ1) is 53.1. The molecule has 7 rings (SSSR count). The number of fused-ring (bicyclic) bond motifs is 4. The molecule has 0 spiro atoms. The molecular weight excluding hydrogens is 929 g/mol. The van der Waals surface area contributed by atoms with Crippen molar-refractivity contribution in [2.75, 3.05) is 100 Å². The summed E-state index contributed by atoms with van der Waals surface area (Å²) in [4.78, 5) is 71.7.